The van der Waals surface area contributed by atoms with Crippen LogP contribution in [-0.2, 0) is 4.79 Å². The number of carbonyl (C=O) groups excluding carboxylic acids is 1. The van der Waals surface area contributed by atoms with Crippen molar-refractivity contribution in [3.8, 4) is 0 Å². The minimum absolute atomic E-state index is 0.0165. The molecule has 0 atom stereocenters. The number of nitrogens with zero attached hydrogens (tertiary/aromatic N) is 1. The molecule has 0 rings (SSSR count). The fourth-order valence-electron chi connectivity index (χ4n) is 1.22. The topological polar surface area (TPSA) is 40.5 Å². The number of aliphatic hydroxyl groups excluding tert-OH is 1. The lowest BCUT2D eigenvalue weighted by atomic mass is 10.2. The van der Waals surface area contributed by atoms with Gasteiger partial charge in [0.1, 0.15) is 5.78 Å². The lowest BCUT2D eigenvalue weighted by Crippen LogP contribution is -2.37. The summed E-state index contributed by atoms with van der Waals surface area (Å²) in [6.07, 6.45) is -3.59. The SMILES string of the molecule is CC(=O)CCCN(CCO)CC(F)(F)F. The number of carbonyl (C=O) groups is 1. The molecule has 0 radical (unpaired) electrons. The molecule has 0 spiro atoms. The number of hydrogen-bond donors (Lipinski definition) is 1. The van der Waals surface area contributed by atoms with Crippen LogP contribution in [0.4, 0.5) is 13.2 Å². The zero-order chi connectivity index (χ0) is 11.9. The van der Waals surface area contributed by atoms with E-state index in [4.69, 9.17) is 5.11 Å². The number of hydrogen-bond acceptors (Lipinski definition) is 3. The van der Waals surface area contributed by atoms with E-state index in [-0.39, 0.29) is 31.9 Å². The Hall–Kier alpha value is -0.620. The van der Waals surface area contributed by atoms with Gasteiger partial charge >= 0.3 is 6.18 Å². The van der Waals surface area contributed by atoms with Crippen LogP contribution in [-0.4, -0.2) is 48.2 Å². The Kier molecular flexibility index (Phi) is 6.51. The Morgan fingerprint density at radius 2 is 1.93 bits per heavy atom. The molecule has 0 fully saturated rings. The maximum atomic E-state index is 12.0. The van der Waals surface area contributed by atoms with Gasteiger partial charge in [-0.3, -0.25) is 4.90 Å². The molecule has 15 heavy (non-hydrogen) atoms. The first-order valence-corrected chi connectivity index (χ1v) is 4.74. The third-order valence-corrected chi connectivity index (χ3v) is 1.82. The van der Waals surface area contributed by atoms with Crippen molar-refractivity contribution in [2.45, 2.75) is 25.9 Å². The van der Waals surface area contributed by atoms with Gasteiger partial charge in [-0.2, -0.15) is 13.2 Å². The van der Waals surface area contributed by atoms with Crippen molar-refractivity contribution in [3.05, 3.63) is 0 Å². The normalized spacial score (nSPS) is 12.1. The highest BCUT2D eigenvalue weighted by molar-refractivity contribution is 5.75. The van der Waals surface area contributed by atoms with Crippen LogP contribution in [0.15, 0.2) is 0 Å². The van der Waals surface area contributed by atoms with Gasteiger partial charge in [-0.15, -0.1) is 0 Å². The third kappa shape index (κ3) is 9.68. The number of ketones is 1. The molecule has 0 aromatic carbocycles. The van der Waals surface area contributed by atoms with Gasteiger partial charge in [-0.1, -0.05) is 0 Å². The summed E-state index contributed by atoms with van der Waals surface area (Å²) >= 11 is 0. The molecule has 0 saturated carbocycles. The number of halogens is 3. The summed E-state index contributed by atoms with van der Waals surface area (Å²) in [5.74, 6) is -0.0362. The zero-order valence-electron chi connectivity index (χ0n) is 8.68. The molecular formula is C9H16F3NO2. The molecule has 0 saturated heterocycles. The van der Waals surface area contributed by atoms with E-state index < -0.39 is 12.7 Å². The van der Waals surface area contributed by atoms with Crippen LogP contribution in [0.3, 0.4) is 0 Å². The first-order chi connectivity index (χ1) is 6.85. The molecule has 0 unspecified atom stereocenters. The van der Waals surface area contributed by atoms with E-state index >= 15 is 0 Å². The maximum absolute atomic E-state index is 12.0. The first-order valence-electron chi connectivity index (χ1n) is 4.74. The van der Waals surface area contributed by atoms with E-state index in [0.717, 1.165) is 4.90 Å². The van der Waals surface area contributed by atoms with E-state index in [2.05, 4.69) is 0 Å². The van der Waals surface area contributed by atoms with Crippen molar-refractivity contribution in [3.63, 3.8) is 0 Å². The zero-order valence-corrected chi connectivity index (χ0v) is 8.68. The van der Waals surface area contributed by atoms with E-state index in [1.165, 1.54) is 6.92 Å². The van der Waals surface area contributed by atoms with Crippen LogP contribution >= 0.6 is 0 Å². The Balaban J connectivity index is 3.88. The van der Waals surface area contributed by atoms with Gasteiger partial charge in [0, 0.05) is 13.0 Å². The predicted molar refractivity (Wildman–Crippen MR) is 49.5 cm³/mol. The summed E-state index contributed by atoms with van der Waals surface area (Å²) in [6, 6.07) is 0. The van der Waals surface area contributed by atoms with Crippen LogP contribution in [0.25, 0.3) is 0 Å². The molecule has 0 heterocycles. The quantitative estimate of drug-likeness (QED) is 0.710. The summed E-state index contributed by atoms with van der Waals surface area (Å²) in [6.45, 7) is 0.221. The van der Waals surface area contributed by atoms with Crippen molar-refractivity contribution in [2.75, 3.05) is 26.2 Å². The van der Waals surface area contributed by atoms with Crippen molar-refractivity contribution in [1.29, 1.82) is 0 Å². The highest BCUT2D eigenvalue weighted by Crippen LogP contribution is 2.16. The van der Waals surface area contributed by atoms with E-state index in [9.17, 15) is 18.0 Å². The Morgan fingerprint density at radius 3 is 2.33 bits per heavy atom. The molecule has 6 heteroatoms. The van der Waals surface area contributed by atoms with Crippen LogP contribution in [0.5, 0.6) is 0 Å². The fourth-order valence-corrected chi connectivity index (χ4v) is 1.22. The molecule has 0 aliphatic carbocycles. The summed E-state index contributed by atoms with van der Waals surface area (Å²) in [5, 5.41) is 8.57. The van der Waals surface area contributed by atoms with Crippen LogP contribution in [0, 0.1) is 0 Å². The molecule has 0 aliphatic rings. The Morgan fingerprint density at radius 1 is 1.33 bits per heavy atom. The van der Waals surface area contributed by atoms with E-state index in [0.29, 0.717) is 6.42 Å². The smallest absolute Gasteiger partial charge is 0.395 e. The van der Waals surface area contributed by atoms with Crippen LogP contribution in [0.1, 0.15) is 19.8 Å². The average molecular weight is 227 g/mol. The minimum atomic E-state index is -4.26. The number of aliphatic hydroxyl groups is 1. The third-order valence-electron chi connectivity index (χ3n) is 1.82. The van der Waals surface area contributed by atoms with Gasteiger partial charge in [0.2, 0.25) is 0 Å². The second-order valence-corrected chi connectivity index (χ2v) is 3.42. The highest BCUT2D eigenvalue weighted by atomic mass is 19.4. The van der Waals surface area contributed by atoms with E-state index in [1.807, 2.05) is 0 Å². The molecule has 90 valence electrons. The van der Waals surface area contributed by atoms with Crippen molar-refractivity contribution >= 4 is 5.78 Å². The number of Topliss-reactive ketones (excluding diaryl/α,β-unsaturated/α-hetero) is 1. The standard InChI is InChI=1S/C9H16F3NO2/c1-8(15)3-2-4-13(5-6-14)7-9(10,11)12/h14H,2-7H2,1H3. The van der Waals surface area contributed by atoms with Gasteiger partial charge in [-0.05, 0) is 19.9 Å². The Labute approximate surface area is 86.9 Å². The van der Waals surface area contributed by atoms with Gasteiger partial charge in [0.15, 0.2) is 0 Å². The monoisotopic (exact) mass is 227 g/mol. The molecule has 3 nitrogen and oxygen atoms in total. The molecule has 0 amide bonds. The first kappa shape index (κ1) is 14.4. The largest absolute Gasteiger partial charge is 0.401 e. The summed E-state index contributed by atoms with van der Waals surface area (Å²) in [5.41, 5.74) is 0. The van der Waals surface area contributed by atoms with Crippen LogP contribution < -0.4 is 0 Å². The second-order valence-electron chi connectivity index (χ2n) is 3.42. The lowest BCUT2D eigenvalue weighted by molar-refractivity contribution is -0.146. The highest BCUT2D eigenvalue weighted by Gasteiger charge is 2.30. The van der Waals surface area contributed by atoms with Gasteiger partial charge < -0.3 is 9.90 Å². The lowest BCUT2D eigenvalue weighted by Gasteiger charge is -2.22. The molecule has 1 N–H and O–H groups in total. The molecule has 0 aliphatic heterocycles. The molecule has 0 bridgehead atoms. The van der Waals surface area contributed by atoms with Gasteiger partial charge in [-0.25, -0.2) is 0 Å². The van der Waals surface area contributed by atoms with Crippen molar-refractivity contribution in [1.82, 2.24) is 4.90 Å². The minimum Gasteiger partial charge on any atom is -0.395 e. The van der Waals surface area contributed by atoms with Crippen molar-refractivity contribution in [2.24, 2.45) is 0 Å². The summed E-state index contributed by atoms with van der Waals surface area (Å²) in [4.78, 5) is 11.7. The maximum Gasteiger partial charge on any atom is 0.401 e. The van der Waals surface area contributed by atoms with Crippen LogP contribution in [0.2, 0.25) is 0 Å². The molecular weight excluding hydrogens is 211 g/mol. The number of rotatable bonds is 7. The molecule has 0 aromatic rings. The Bertz CT molecular complexity index is 194. The predicted octanol–water partition coefficient (Wildman–Crippen LogP) is 1.21. The summed E-state index contributed by atoms with van der Waals surface area (Å²) < 4.78 is 36.1. The average Bonchev–Trinajstić information content (AvgIpc) is 2.00. The van der Waals surface area contributed by atoms with Crippen molar-refractivity contribution < 1.29 is 23.1 Å². The van der Waals surface area contributed by atoms with Gasteiger partial charge in [0.05, 0.1) is 13.2 Å². The summed E-state index contributed by atoms with van der Waals surface area (Å²) in [7, 11) is 0. The van der Waals surface area contributed by atoms with E-state index in [1.54, 1.807) is 0 Å². The molecule has 0 aromatic heterocycles. The second kappa shape index (κ2) is 6.79. The number of alkyl halides is 3. The van der Waals surface area contributed by atoms with Gasteiger partial charge in [0.25, 0.3) is 0 Å². The fraction of sp³-hybridized carbons (Fsp3) is 0.889.